The first-order valence-electron chi connectivity index (χ1n) is 5.58. The maximum Gasteiger partial charge on any atom is 0.137 e. The van der Waals surface area contributed by atoms with Gasteiger partial charge in [-0.25, -0.2) is 0 Å². The largest absolute Gasteiger partial charge is 0.492 e. The third-order valence-electron chi connectivity index (χ3n) is 3.51. The van der Waals surface area contributed by atoms with Crippen LogP contribution in [0.4, 0.5) is 0 Å². The normalized spacial score (nSPS) is 27.9. The van der Waals surface area contributed by atoms with E-state index in [4.69, 9.17) is 16.3 Å². The topological polar surface area (TPSA) is 21.3 Å². The molecule has 0 aromatic heterocycles. The Morgan fingerprint density at radius 3 is 3.12 bits per heavy atom. The van der Waals surface area contributed by atoms with Gasteiger partial charge < -0.3 is 10.1 Å². The molecule has 1 saturated heterocycles. The summed E-state index contributed by atoms with van der Waals surface area (Å²) < 4.78 is 6.81. The Labute approximate surface area is 108 Å². The van der Waals surface area contributed by atoms with Crippen molar-refractivity contribution in [3.05, 3.63) is 27.2 Å². The van der Waals surface area contributed by atoms with Crippen LogP contribution < -0.4 is 10.1 Å². The fraction of sp³-hybridized carbons (Fsp3) is 0.500. The maximum atomic E-state index is 6.12. The van der Waals surface area contributed by atoms with Gasteiger partial charge in [0.05, 0.1) is 11.1 Å². The molecule has 0 saturated carbocycles. The van der Waals surface area contributed by atoms with E-state index >= 15 is 0 Å². The third-order valence-corrected chi connectivity index (χ3v) is 4.32. The van der Waals surface area contributed by atoms with E-state index in [1.807, 2.05) is 6.07 Å². The summed E-state index contributed by atoms with van der Waals surface area (Å²) in [5.41, 5.74) is 1.26. The van der Waals surface area contributed by atoms with E-state index in [1.165, 1.54) is 5.56 Å². The molecule has 0 bridgehead atoms. The molecule has 1 unspecified atom stereocenters. The number of rotatable bonds is 0. The van der Waals surface area contributed by atoms with Gasteiger partial charge in [-0.15, -0.1) is 0 Å². The van der Waals surface area contributed by atoms with E-state index in [1.54, 1.807) is 0 Å². The number of hydrogen-bond donors (Lipinski definition) is 1. The number of hydrogen-bond acceptors (Lipinski definition) is 2. The molecule has 2 heterocycles. The molecule has 0 amide bonds. The molecule has 2 atom stereocenters. The highest BCUT2D eigenvalue weighted by molar-refractivity contribution is 9.10. The molecule has 0 spiro atoms. The van der Waals surface area contributed by atoms with Crippen molar-refractivity contribution in [3.8, 4) is 5.75 Å². The van der Waals surface area contributed by atoms with Gasteiger partial charge in [0.2, 0.25) is 0 Å². The minimum Gasteiger partial charge on any atom is -0.492 e. The summed E-state index contributed by atoms with van der Waals surface area (Å²) in [6, 6.07) is 3.96. The molecule has 16 heavy (non-hydrogen) atoms. The zero-order valence-electron chi connectivity index (χ0n) is 8.80. The summed E-state index contributed by atoms with van der Waals surface area (Å²) in [6.07, 6.45) is 1.12. The van der Waals surface area contributed by atoms with Gasteiger partial charge in [-0.3, -0.25) is 0 Å². The first-order valence-corrected chi connectivity index (χ1v) is 6.75. The minimum atomic E-state index is 0.549. The van der Waals surface area contributed by atoms with Crippen LogP contribution in [0.5, 0.6) is 5.75 Å². The van der Waals surface area contributed by atoms with Gasteiger partial charge in [-0.05, 0) is 46.9 Å². The predicted octanol–water partition coefficient (Wildman–Crippen LogP) is 3.19. The minimum absolute atomic E-state index is 0.549. The maximum absolute atomic E-state index is 6.12. The molecule has 1 aromatic rings. The Hall–Kier alpha value is -0.250. The first-order chi connectivity index (χ1) is 7.75. The van der Waals surface area contributed by atoms with E-state index in [9.17, 15) is 0 Å². The van der Waals surface area contributed by atoms with Crippen molar-refractivity contribution < 1.29 is 4.74 Å². The molecule has 2 aliphatic rings. The highest BCUT2D eigenvalue weighted by atomic mass is 79.9. The van der Waals surface area contributed by atoms with Crippen LogP contribution in [0.3, 0.4) is 0 Å². The van der Waals surface area contributed by atoms with Crippen LogP contribution in [0.25, 0.3) is 0 Å². The van der Waals surface area contributed by atoms with Crippen LogP contribution >= 0.6 is 27.5 Å². The molecule has 0 radical (unpaired) electrons. The van der Waals surface area contributed by atoms with E-state index in [-0.39, 0.29) is 0 Å². The van der Waals surface area contributed by atoms with Crippen LogP contribution in [0, 0.1) is 5.92 Å². The molecule has 2 nitrogen and oxygen atoms in total. The molecule has 1 N–H and O–H groups in total. The number of ether oxygens (including phenoxy) is 1. The van der Waals surface area contributed by atoms with Gasteiger partial charge in [-0.2, -0.15) is 0 Å². The fourth-order valence-corrected chi connectivity index (χ4v) is 3.67. The summed E-state index contributed by atoms with van der Waals surface area (Å²) in [4.78, 5) is 0. The molecular weight excluding hydrogens is 289 g/mol. The summed E-state index contributed by atoms with van der Waals surface area (Å²) in [5.74, 6) is 2.22. The zero-order valence-corrected chi connectivity index (χ0v) is 11.1. The van der Waals surface area contributed by atoms with Crippen LogP contribution in [0.2, 0.25) is 5.02 Å². The lowest BCUT2D eigenvalue weighted by Crippen LogP contribution is -2.11. The second-order valence-corrected chi connectivity index (χ2v) is 5.76. The summed E-state index contributed by atoms with van der Waals surface area (Å²) in [6.45, 7) is 2.93. The molecule has 1 aromatic carbocycles. The fourth-order valence-electron chi connectivity index (χ4n) is 2.72. The second kappa shape index (κ2) is 4.21. The van der Waals surface area contributed by atoms with E-state index in [0.29, 0.717) is 11.8 Å². The van der Waals surface area contributed by atoms with Gasteiger partial charge in [0.1, 0.15) is 5.75 Å². The lowest BCUT2D eigenvalue weighted by Gasteiger charge is -2.16. The van der Waals surface area contributed by atoms with Crippen LogP contribution in [-0.2, 0) is 0 Å². The molecular formula is C12H13BrClNO. The standard InChI is InChI=1S/C12H13BrClNO/c13-11-4-8(14)3-9-10-6-15-5-7(10)1-2-16-12(9)11/h3-4,7,10,15H,1-2,5-6H2/t7?,10-/m0/s1. The highest BCUT2D eigenvalue weighted by Gasteiger charge is 2.33. The van der Waals surface area contributed by atoms with Crippen molar-refractivity contribution in [1.82, 2.24) is 5.32 Å². The third kappa shape index (κ3) is 1.75. The van der Waals surface area contributed by atoms with Crippen molar-refractivity contribution in [2.24, 2.45) is 5.92 Å². The van der Waals surface area contributed by atoms with E-state index in [2.05, 4.69) is 27.3 Å². The molecule has 3 rings (SSSR count). The smallest absolute Gasteiger partial charge is 0.137 e. The van der Waals surface area contributed by atoms with Crippen LogP contribution in [0.1, 0.15) is 17.9 Å². The summed E-state index contributed by atoms with van der Waals surface area (Å²) in [5, 5.41) is 4.24. The molecule has 86 valence electrons. The second-order valence-electron chi connectivity index (χ2n) is 4.47. The van der Waals surface area contributed by atoms with E-state index in [0.717, 1.165) is 41.4 Å². The Morgan fingerprint density at radius 2 is 2.25 bits per heavy atom. The highest BCUT2D eigenvalue weighted by Crippen LogP contribution is 2.43. The Kier molecular flexibility index (Phi) is 2.86. The van der Waals surface area contributed by atoms with Gasteiger partial charge in [0.15, 0.2) is 0 Å². The summed E-state index contributed by atoms with van der Waals surface area (Å²) >= 11 is 9.65. The van der Waals surface area contributed by atoms with Crippen molar-refractivity contribution in [2.45, 2.75) is 12.3 Å². The Balaban J connectivity index is 2.12. The molecule has 2 aliphatic heterocycles. The number of nitrogens with one attached hydrogen (secondary N) is 1. The van der Waals surface area contributed by atoms with Gasteiger partial charge in [-0.1, -0.05) is 11.6 Å². The van der Waals surface area contributed by atoms with Crippen molar-refractivity contribution in [2.75, 3.05) is 19.7 Å². The quantitative estimate of drug-likeness (QED) is 0.795. The van der Waals surface area contributed by atoms with Crippen molar-refractivity contribution >= 4 is 27.5 Å². The molecule has 1 fully saturated rings. The molecule has 4 heteroatoms. The van der Waals surface area contributed by atoms with Crippen LogP contribution in [-0.4, -0.2) is 19.7 Å². The number of halogens is 2. The predicted molar refractivity (Wildman–Crippen MR) is 68.4 cm³/mol. The lowest BCUT2D eigenvalue weighted by molar-refractivity contribution is 0.295. The van der Waals surface area contributed by atoms with Gasteiger partial charge in [0.25, 0.3) is 0 Å². The first kappa shape index (κ1) is 10.9. The Bertz CT molecular complexity index is 424. The van der Waals surface area contributed by atoms with Crippen LogP contribution in [0.15, 0.2) is 16.6 Å². The average molecular weight is 303 g/mol. The molecule has 0 aliphatic carbocycles. The van der Waals surface area contributed by atoms with Crippen molar-refractivity contribution in [1.29, 1.82) is 0 Å². The average Bonchev–Trinajstić information content (AvgIpc) is 2.62. The lowest BCUT2D eigenvalue weighted by atomic mass is 9.87. The van der Waals surface area contributed by atoms with Gasteiger partial charge in [0, 0.05) is 23.0 Å². The Morgan fingerprint density at radius 1 is 1.38 bits per heavy atom. The van der Waals surface area contributed by atoms with Gasteiger partial charge >= 0.3 is 0 Å². The number of benzene rings is 1. The van der Waals surface area contributed by atoms with E-state index < -0.39 is 0 Å². The number of fused-ring (bicyclic) bond motifs is 3. The summed E-state index contributed by atoms with van der Waals surface area (Å²) in [7, 11) is 0. The van der Waals surface area contributed by atoms with Crippen molar-refractivity contribution in [3.63, 3.8) is 0 Å². The monoisotopic (exact) mass is 301 g/mol. The zero-order chi connectivity index (χ0) is 11.1. The SMILES string of the molecule is Clc1cc(Br)c2c(c1)[C@H]1CNCC1CCO2.